The van der Waals surface area contributed by atoms with Gasteiger partial charge in [-0.05, 0) is 58.8 Å². The van der Waals surface area contributed by atoms with Crippen molar-refractivity contribution in [1.82, 2.24) is 10.7 Å². The zero-order valence-corrected chi connectivity index (χ0v) is 21.5. The molecule has 0 atom stereocenters. The average molecular weight is 550 g/mol. The number of carbonyl (C=O) groups is 3. The number of carbonyl (C=O) groups excluding carboxylic acids is 3. The molecule has 0 spiro atoms. The van der Waals surface area contributed by atoms with Crippen molar-refractivity contribution in [3.8, 4) is 11.5 Å². The van der Waals surface area contributed by atoms with Crippen LogP contribution < -0.4 is 20.2 Å². The molecule has 0 fully saturated rings. The molecule has 0 saturated heterocycles. The number of nitrogens with one attached hydrogen (secondary N) is 2. The molecular weight excluding hydrogens is 529 g/mol. The quantitative estimate of drug-likeness (QED) is 0.135. The Morgan fingerprint density at radius 1 is 0.895 bits per heavy atom. The molecule has 0 bridgehead atoms. The zero-order chi connectivity index (χ0) is 27.1. The van der Waals surface area contributed by atoms with Gasteiger partial charge in [0, 0.05) is 5.56 Å². The third-order valence-corrected chi connectivity index (χ3v) is 6.13. The van der Waals surface area contributed by atoms with Gasteiger partial charge in [0.05, 0.1) is 35.5 Å². The fraction of sp³-hybridized carbons (Fsp3) is 0.0714. The summed E-state index contributed by atoms with van der Waals surface area (Å²) in [5.74, 6) is -1.05. The van der Waals surface area contributed by atoms with E-state index < -0.39 is 11.9 Å². The van der Waals surface area contributed by atoms with Crippen LogP contribution in [0.3, 0.4) is 0 Å². The van der Waals surface area contributed by atoms with E-state index in [2.05, 4.69) is 15.8 Å². The van der Waals surface area contributed by atoms with E-state index in [1.165, 1.54) is 37.6 Å². The van der Waals surface area contributed by atoms with Gasteiger partial charge in [0.1, 0.15) is 0 Å². The summed E-state index contributed by atoms with van der Waals surface area (Å²) in [5, 5.41) is 8.78. The van der Waals surface area contributed by atoms with Crippen LogP contribution in [0.5, 0.6) is 11.5 Å². The highest BCUT2D eigenvalue weighted by Gasteiger charge is 2.15. The Morgan fingerprint density at radius 2 is 1.68 bits per heavy atom. The number of amides is 2. The molecule has 0 aromatic heterocycles. The van der Waals surface area contributed by atoms with Crippen molar-refractivity contribution in [3.63, 3.8) is 0 Å². The Labute approximate surface area is 228 Å². The summed E-state index contributed by atoms with van der Waals surface area (Å²) in [6, 6.07) is 22.0. The lowest BCUT2D eigenvalue weighted by molar-refractivity contribution is -0.120. The molecular formula is C28H21Cl2N3O5. The van der Waals surface area contributed by atoms with Crippen LogP contribution in [0.1, 0.15) is 26.3 Å². The first-order valence-electron chi connectivity index (χ1n) is 11.3. The van der Waals surface area contributed by atoms with E-state index in [-0.39, 0.29) is 34.5 Å². The van der Waals surface area contributed by atoms with Gasteiger partial charge in [-0.1, -0.05) is 59.6 Å². The molecule has 2 N–H and O–H groups in total. The van der Waals surface area contributed by atoms with E-state index in [1.807, 2.05) is 30.3 Å². The maximum absolute atomic E-state index is 12.6. The molecule has 192 valence electrons. The summed E-state index contributed by atoms with van der Waals surface area (Å²) in [7, 11) is 1.42. The number of hydrogen-bond acceptors (Lipinski definition) is 6. The van der Waals surface area contributed by atoms with Gasteiger partial charge in [-0.3, -0.25) is 9.59 Å². The van der Waals surface area contributed by atoms with E-state index in [0.29, 0.717) is 16.1 Å². The Hall–Kier alpha value is -4.40. The third-order valence-electron chi connectivity index (χ3n) is 5.39. The second-order valence-corrected chi connectivity index (χ2v) is 8.75. The normalized spacial score (nSPS) is 10.8. The molecule has 0 aliphatic rings. The first-order chi connectivity index (χ1) is 18.4. The van der Waals surface area contributed by atoms with Gasteiger partial charge in [0.25, 0.3) is 11.8 Å². The van der Waals surface area contributed by atoms with Crippen LogP contribution in [0.25, 0.3) is 10.8 Å². The average Bonchev–Trinajstić information content (AvgIpc) is 2.93. The molecule has 0 aliphatic heterocycles. The predicted molar refractivity (Wildman–Crippen MR) is 146 cm³/mol. The molecule has 0 radical (unpaired) electrons. The Bertz CT molecular complexity index is 1550. The van der Waals surface area contributed by atoms with Gasteiger partial charge in [0.2, 0.25) is 0 Å². The number of fused-ring (bicyclic) bond motifs is 1. The fourth-order valence-electron chi connectivity index (χ4n) is 3.53. The maximum Gasteiger partial charge on any atom is 0.343 e. The van der Waals surface area contributed by atoms with Crippen LogP contribution in [-0.2, 0) is 4.79 Å². The maximum atomic E-state index is 12.6. The standard InChI is InChI=1S/C28H21Cl2N3O5/c1-37-25-13-17(9-12-24(25)38-28(36)19-10-11-22(29)23(30)14-19)15-32-33-26(34)16-31-27(35)21-8-4-6-18-5-2-3-7-20(18)21/h2-15H,16H2,1H3,(H,31,35)(H,33,34). The lowest BCUT2D eigenvalue weighted by Gasteiger charge is -2.10. The van der Waals surface area contributed by atoms with Crippen LogP contribution in [0.15, 0.2) is 84.0 Å². The molecule has 4 aromatic rings. The Morgan fingerprint density at radius 3 is 2.47 bits per heavy atom. The minimum Gasteiger partial charge on any atom is -0.493 e. The topological polar surface area (TPSA) is 106 Å². The molecule has 38 heavy (non-hydrogen) atoms. The summed E-state index contributed by atoms with van der Waals surface area (Å²) in [6.45, 7) is -0.258. The fourth-order valence-corrected chi connectivity index (χ4v) is 3.83. The molecule has 8 nitrogen and oxygen atoms in total. The first kappa shape index (κ1) is 26.7. The van der Waals surface area contributed by atoms with Crippen molar-refractivity contribution in [3.05, 3.63) is 106 Å². The monoisotopic (exact) mass is 549 g/mol. The molecule has 10 heteroatoms. The zero-order valence-electron chi connectivity index (χ0n) is 20.0. The smallest absolute Gasteiger partial charge is 0.343 e. The molecule has 2 amide bonds. The molecule has 0 heterocycles. The van der Waals surface area contributed by atoms with Crippen molar-refractivity contribution in [2.24, 2.45) is 5.10 Å². The number of rotatable bonds is 8. The van der Waals surface area contributed by atoms with Gasteiger partial charge < -0.3 is 14.8 Å². The Balaban J connectivity index is 1.33. The van der Waals surface area contributed by atoms with Crippen LogP contribution in [-0.4, -0.2) is 37.7 Å². The number of benzene rings is 4. The van der Waals surface area contributed by atoms with Crippen LogP contribution in [0, 0.1) is 0 Å². The van der Waals surface area contributed by atoms with Crippen LogP contribution in [0.4, 0.5) is 0 Å². The molecule has 4 aromatic carbocycles. The van der Waals surface area contributed by atoms with Crippen LogP contribution >= 0.6 is 23.2 Å². The summed E-state index contributed by atoms with van der Waals surface area (Å²) < 4.78 is 10.7. The van der Waals surface area contributed by atoms with Crippen molar-refractivity contribution in [2.45, 2.75) is 0 Å². The summed E-state index contributed by atoms with van der Waals surface area (Å²) in [5.41, 5.74) is 3.63. The lowest BCUT2D eigenvalue weighted by atomic mass is 10.0. The number of methoxy groups -OCH3 is 1. The molecule has 0 aliphatic carbocycles. The molecule has 0 saturated carbocycles. The minimum atomic E-state index is -0.638. The van der Waals surface area contributed by atoms with Crippen molar-refractivity contribution in [2.75, 3.05) is 13.7 Å². The summed E-state index contributed by atoms with van der Waals surface area (Å²) in [4.78, 5) is 37.2. The second-order valence-electron chi connectivity index (χ2n) is 7.93. The largest absolute Gasteiger partial charge is 0.493 e. The summed E-state index contributed by atoms with van der Waals surface area (Å²) >= 11 is 11.9. The molecule has 4 rings (SSSR count). The number of ether oxygens (including phenoxy) is 2. The van der Waals surface area contributed by atoms with E-state index in [1.54, 1.807) is 24.3 Å². The van der Waals surface area contributed by atoms with E-state index in [4.69, 9.17) is 32.7 Å². The number of nitrogens with zero attached hydrogens (tertiary/aromatic N) is 1. The van der Waals surface area contributed by atoms with Gasteiger partial charge in [-0.25, -0.2) is 10.2 Å². The highest BCUT2D eigenvalue weighted by molar-refractivity contribution is 6.42. The van der Waals surface area contributed by atoms with Gasteiger partial charge >= 0.3 is 5.97 Å². The van der Waals surface area contributed by atoms with Crippen molar-refractivity contribution >= 4 is 58.0 Å². The predicted octanol–water partition coefficient (Wildman–Crippen LogP) is 5.25. The van der Waals surface area contributed by atoms with E-state index >= 15 is 0 Å². The summed E-state index contributed by atoms with van der Waals surface area (Å²) in [6.07, 6.45) is 1.39. The third kappa shape index (κ3) is 6.47. The molecule has 0 unspecified atom stereocenters. The highest BCUT2D eigenvalue weighted by atomic mass is 35.5. The lowest BCUT2D eigenvalue weighted by Crippen LogP contribution is -2.35. The Kier molecular flexibility index (Phi) is 8.58. The minimum absolute atomic E-state index is 0.181. The number of halogens is 2. The second kappa shape index (κ2) is 12.2. The van der Waals surface area contributed by atoms with Gasteiger partial charge in [-0.2, -0.15) is 5.10 Å². The van der Waals surface area contributed by atoms with E-state index in [0.717, 1.165) is 10.8 Å². The van der Waals surface area contributed by atoms with E-state index in [9.17, 15) is 14.4 Å². The van der Waals surface area contributed by atoms with Crippen molar-refractivity contribution in [1.29, 1.82) is 0 Å². The number of hydrazone groups is 1. The van der Waals surface area contributed by atoms with Gasteiger partial charge in [0.15, 0.2) is 11.5 Å². The number of hydrogen-bond donors (Lipinski definition) is 2. The van der Waals surface area contributed by atoms with Crippen LogP contribution in [0.2, 0.25) is 10.0 Å². The SMILES string of the molecule is COc1cc(C=NNC(=O)CNC(=O)c2cccc3ccccc23)ccc1OC(=O)c1ccc(Cl)c(Cl)c1. The van der Waals surface area contributed by atoms with Crippen molar-refractivity contribution < 1.29 is 23.9 Å². The number of esters is 1. The highest BCUT2D eigenvalue weighted by Crippen LogP contribution is 2.29. The van der Waals surface area contributed by atoms with Gasteiger partial charge in [-0.15, -0.1) is 0 Å². The first-order valence-corrected chi connectivity index (χ1v) is 12.0.